The summed E-state index contributed by atoms with van der Waals surface area (Å²) in [5.41, 5.74) is 2.54. The van der Waals surface area contributed by atoms with Gasteiger partial charge in [-0.05, 0) is 56.9 Å². The second-order valence-electron chi connectivity index (χ2n) is 6.95. The van der Waals surface area contributed by atoms with Crippen LogP contribution in [-0.2, 0) is 4.79 Å². The smallest absolute Gasteiger partial charge is 0.263 e. The molecule has 24 heavy (non-hydrogen) atoms. The molecule has 2 aliphatic rings. The van der Waals surface area contributed by atoms with Crippen LogP contribution in [0.5, 0.6) is 0 Å². The standard InChI is InChI=1S/C18H21FN2OS2/c1-5-21-14-8-13(19)11(7-15-16(22)20-17(23)24-15)6-12(14)10(2)9-18(21,3)4/h6-8,10H,5,9H2,1-4H3,(H,20,22,23)/b15-7-. The van der Waals surface area contributed by atoms with E-state index in [-0.39, 0.29) is 17.3 Å². The van der Waals surface area contributed by atoms with Crippen molar-refractivity contribution in [3.8, 4) is 0 Å². The van der Waals surface area contributed by atoms with Crippen LogP contribution in [0.2, 0.25) is 0 Å². The van der Waals surface area contributed by atoms with Gasteiger partial charge in [-0.15, -0.1) is 0 Å². The summed E-state index contributed by atoms with van der Waals surface area (Å²) in [6.07, 6.45) is 2.60. The Morgan fingerprint density at radius 1 is 1.50 bits per heavy atom. The fourth-order valence-electron chi connectivity index (χ4n) is 3.79. The van der Waals surface area contributed by atoms with E-state index in [9.17, 15) is 9.18 Å². The van der Waals surface area contributed by atoms with E-state index in [0.717, 1.165) is 24.2 Å². The molecular weight excluding hydrogens is 343 g/mol. The molecule has 1 aromatic rings. The highest BCUT2D eigenvalue weighted by Crippen LogP contribution is 2.44. The molecule has 1 unspecified atom stereocenters. The first-order valence-corrected chi connectivity index (χ1v) is 9.31. The van der Waals surface area contributed by atoms with Crippen LogP contribution >= 0.6 is 24.0 Å². The summed E-state index contributed by atoms with van der Waals surface area (Å²) < 4.78 is 15.1. The summed E-state index contributed by atoms with van der Waals surface area (Å²) in [6.45, 7) is 9.50. The lowest BCUT2D eigenvalue weighted by molar-refractivity contribution is -0.115. The Kier molecular flexibility index (Phi) is 4.47. The van der Waals surface area contributed by atoms with Crippen LogP contribution in [0.3, 0.4) is 0 Å². The number of anilines is 1. The number of hydrogen-bond acceptors (Lipinski definition) is 4. The third-order valence-electron chi connectivity index (χ3n) is 4.75. The van der Waals surface area contributed by atoms with Crippen molar-refractivity contribution in [3.05, 3.63) is 34.0 Å². The predicted molar refractivity (Wildman–Crippen MR) is 103 cm³/mol. The maximum Gasteiger partial charge on any atom is 0.263 e. The number of hydrogen-bond donors (Lipinski definition) is 1. The van der Waals surface area contributed by atoms with Gasteiger partial charge in [0.15, 0.2) is 0 Å². The Balaban J connectivity index is 2.08. The van der Waals surface area contributed by atoms with Gasteiger partial charge >= 0.3 is 0 Å². The summed E-state index contributed by atoms with van der Waals surface area (Å²) >= 11 is 6.16. The molecule has 0 spiro atoms. The van der Waals surface area contributed by atoms with E-state index in [2.05, 4.69) is 37.9 Å². The van der Waals surface area contributed by atoms with E-state index in [1.807, 2.05) is 6.07 Å². The number of rotatable bonds is 2. The van der Waals surface area contributed by atoms with Gasteiger partial charge in [0.25, 0.3) is 5.91 Å². The molecule has 0 saturated carbocycles. The number of carbonyl (C=O) groups excluding carboxylic acids is 1. The molecule has 6 heteroatoms. The van der Waals surface area contributed by atoms with Crippen molar-refractivity contribution in [3.63, 3.8) is 0 Å². The highest BCUT2D eigenvalue weighted by atomic mass is 32.2. The number of thiocarbonyl (C=S) groups is 1. The fourth-order valence-corrected chi connectivity index (χ4v) is 4.83. The van der Waals surface area contributed by atoms with Crippen molar-refractivity contribution in [1.82, 2.24) is 5.32 Å². The molecule has 1 atom stereocenters. The van der Waals surface area contributed by atoms with E-state index in [4.69, 9.17) is 12.2 Å². The molecule has 2 heterocycles. The maximum atomic E-state index is 14.7. The number of halogens is 1. The molecule has 2 aliphatic heterocycles. The molecule has 0 aromatic heterocycles. The number of nitrogens with zero attached hydrogens (tertiary/aromatic N) is 1. The maximum absolute atomic E-state index is 14.7. The van der Waals surface area contributed by atoms with Crippen molar-refractivity contribution in [1.29, 1.82) is 0 Å². The van der Waals surface area contributed by atoms with Crippen molar-refractivity contribution < 1.29 is 9.18 Å². The normalized spacial score (nSPS) is 24.3. The minimum absolute atomic E-state index is 0.000958. The van der Waals surface area contributed by atoms with E-state index in [0.29, 0.717) is 20.7 Å². The zero-order valence-corrected chi connectivity index (χ0v) is 15.9. The molecular formula is C18H21FN2OS2. The zero-order valence-electron chi connectivity index (χ0n) is 14.3. The summed E-state index contributed by atoms with van der Waals surface area (Å²) in [6, 6.07) is 3.49. The van der Waals surface area contributed by atoms with Gasteiger partial charge in [0.05, 0.1) is 4.91 Å². The zero-order chi connectivity index (χ0) is 17.6. The third-order valence-corrected chi connectivity index (χ3v) is 5.91. The minimum Gasteiger partial charge on any atom is -0.366 e. The van der Waals surface area contributed by atoms with Crippen LogP contribution in [0.15, 0.2) is 17.0 Å². The number of carbonyl (C=O) groups is 1. The summed E-state index contributed by atoms with van der Waals surface area (Å²) in [5.74, 6) is -0.232. The largest absolute Gasteiger partial charge is 0.366 e. The summed E-state index contributed by atoms with van der Waals surface area (Å²) in [5, 5.41) is 2.56. The molecule has 3 nitrogen and oxygen atoms in total. The monoisotopic (exact) mass is 364 g/mol. The van der Waals surface area contributed by atoms with Gasteiger partial charge in [-0.1, -0.05) is 30.9 Å². The number of thioether (sulfide) groups is 1. The minimum atomic E-state index is -0.309. The van der Waals surface area contributed by atoms with Gasteiger partial charge in [-0.3, -0.25) is 4.79 Å². The lowest BCUT2D eigenvalue weighted by Crippen LogP contribution is -2.48. The molecule has 0 aliphatic carbocycles. The van der Waals surface area contributed by atoms with Gasteiger partial charge in [0, 0.05) is 23.3 Å². The van der Waals surface area contributed by atoms with E-state index >= 15 is 0 Å². The van der Waals surface area contributed by atoms with Crippen LogP contribution in [0.1, 0.15) is 51.2 Å². The molecule has 1 aromatic carbocycles. The lowest BCUT2D eigenvalue weighted by atomic mass is 9.79. The van der Waals surface area contributed by atoms with Gasteiger partial charge < -0.3 is 10.2 Å². The number of benzene rings is 1. The van der Waals surface area contributed by atoms with E-state index < -0.39 is 0 Å². The van der Waals surface area contributed by atoms with Crippen molar-refractivity contribution in [2.75, 3.05) is 11.4 Å². The molecule has 1 amide bonds. The van der Waals surface area contributed by atoms with E-state index in [1.165, 1.54) is 11.8 Å². The van der Waals surface area contributed by atoms with Gasteiger partial charge in [0.2, 0.25) is 0 Å². The number of fused-ring (bicyclic) bond motifs is 1. The number of amides is 1. The average Bonchev–Trinajstić information content (AvgIpc) is 2.78. The SMILES string of the molecule is CCN1c2cc(F)c(/C=C3\SC(=S)NC3=O)cc2C(C)CC1(C)C. The Morgan fingerprint density at radius 2 is 2.21 bits per heavy atom. The topological polar surface area (TPSA) is 32.3 Å². The van der Waals surface area contributed by atoms with Crippen LogP contribution in [-0.4, -0.2) is 22.3 Å². The molecule has 0 bridgehead atoms. The van der Waals surface area contributed by atoms with Crippen molar-refractivity contribution in [2.45, 2.75) is 45.6 Å². The highest BCUT2D eigenvalue weighted by molar-refractivity contribution is 8.26. The third kappa shape index (κ3) is 2.97. The summed E-state index contributed by atoms with van der Waals surface area (Å²) in [7, 11) is 0. The first kappa shape index (κ1) is 17.4. The molecule has 128 valence electrons. The second kappa shape index (κ2) is 6.15. The fraction of sp³-hybridized carbons (Fsp3) is 0.444. The van der Waals surface area contributed by atoms with E-state index in [1.54, 1.807) is 12.1 Å². The van der Waals surface area contributed by atoms with Crippen molar-refractivity contribution in [2.24, 2.45) is 0 Å². The molecule has 1 saturated heterocycles. The van der Waals surface area contributed by atoms with Gasteiger partial charge in [-0.25, -0.2) is 4.39 Å². The molecule has 1 fully saturated rings. The van der Waals surface area contributed by atoms with Crippen LogP contribution in [0.4, 0.5) is 10.1 Å². The average molecular weight is 365 g/mol. The van der Waals surface area contributed by atoms with Gasteiger partial charge in [-0.2, -0.15) is 0 Å². The molecule has 1 N–H and O–H groups in total. The predicted octanol–water partition coefficient (Wildman–Crippen LogP) is 4.43. The van der Waals surface area contributed by atoms with Crippen LogP contribution in [0.25, 0.3) is 6.08 Å². The molecule has 0 radical (unpaired) electrons. The second-order valence-corrected chi connectivity index (χ2v) is 8.67. The Morgan fingerprint density at radius 3 is 2.79 bits per heavy atom. The molecule has 3 rings (SSSR count). The first-order chi connectivity index (χ1) is 11.2. The van der Waals surface area contributed by atoms with Crippen LogP contribution < -0.4 is 10.2 Å². The first-order valence-electron chi connectivity index (χ1n) is 8.09. The number of nitrogens with one attached hydrogen (secondary N) is 1. The van der Waals surface area contributed by atoms with Crippen LogP contribution in [0, 0.1) is 5.82 Å². The van der Waals surface area contributed by atoms with Crippen molar-refractivity contribution >= 4 is 46.0 Å². The highest BCUT2D eigenvalue weighted by Gasteiger charge is 2.36. The van der Waals surface area contributed by atoms with Gasteiger partial charge in [0.1, 0.15) is 10.1 Å². The summed E-state index contributed by atoms with van der Waals surface area (Å²) in [4.78, 5) is 14.5. The Labute approximate surface area is 151 Å². The Hall–Kier alpha value is -1.40. The Bertz CT molecular complexity index is 758. The lowest BCUT2D eigenvalue weighted by Gasteiger charge is -2.47. The quantitative estimate of drug-likeness (QED) is 0.622.